The Labute approximate surface area is 93.8 Å². The van der Waals surface area contributed by atoms with Gasteiger partial charge in [0.15, 0.2) is 0 Å². The molecule has 0 amide bonds. The van der Waals surface area contributed by atoms with Crippen molar-refractivity contribution in [2.75, 3.05) is 13.1 Å². The number of nitrogens with zero attached hydrogens (tertiary/aromatic N) is 1. The minimum atomic E-state index is -0.145. The van der Waals surface area contributed by atoms with E-state index in [1.165, 1.54) is 18.5 Å². The van der Waals surface area contributed by atoms with Gasteiger partial charge in [-0.3, -0.25) is 0 Å². The Hall–Kier alpha value is -0.760. The average Bonchev–Trinajstić information content (AvgIpc) is 2.18. The van der Waals surface area contributed by atoms with Gasteiger partial charge < -0.3 is 10.6 Å². The molecule has 2 N–H and O–H groups in total. The van der Waals surface area contributed by atoms with E-state index >= 15 is 0 Å². The van der Waals surface area contributed by atoms with Gasteiger partial charge in [0.25, 0.3) is 0 Å². The predicted molar refractivity (Wildman–Crippen MR) is 66.6 cm³/mol. The van der Waals surface area contributed by atoms with Gasteiger partial charge in [0.05, 0.1) is 0 Å². The SMILES string of the molecule is CCCN(CCC)C1=CCC(C)(N)C=C1. The van der Waals surface area contributed by atoms with Crippen LogP contribution in [0.1, 0.15) is 40.0 Å². The van der Waals surface area contributed by atoms with Crippen molar-refractivity contribution >= 4 is 0 Å². The Kier molecular flexibility index (Phi) is 4.40. The molecule has 86 valence electrons. The molecule has 1 unspecified atom stereocenters. The average molecular weight is 208 g/mol. The minimum Gasteiger partial charge on any atom is -0.372 e. The van der Waals surface area contributed by atoms with E-state index in [9.17, 15) is 0 Å². The quantitative estimate of drug-likeness (QED) is 0.752. The molecule has 0 aromatic rings. The second-order valence-electron chi connectivity index (χ2n) is 4.66. The molecule has 0 saturated carbocycles. The van der Waals surface area contributed by atoms with Crippen LogP contribution in [0.25, 0.3) is 0 Å². The fourth-order valence-electron chi connectivity index (χ4n) is 1.88. The molecule has 1 aliphatic carbocycles. The number of hydrogen-bond donors (Lipinski definition) is 1. The van der Waals surface area contributed by atoms with Gasteiger partial charge in [-0.1, -0.05) is 26.0 Å². The van der Waals surface area contributed by atoms with Crippen LogP contribution in [0.3, 0.4) is 0 Å². The van der Waals surface area contributed by atoms with Gasteiger partial charge >= 0.3 is 0 Å². The van der Waals surface area contributed by atoms with Crippen molar-refractivity contribution < 1.29 is 0 Å². The summed E-state index contributed by atoms with van der Waals surface area (Å²) in [6.07, 6.45) is 9.92. The maximum Gasteiger partial charge on any atom is 0.0350 e. The van der Waals surface area contributed by atoms with Gasteiger partial charge in [0.2, 0.25) is 0 Å². The molecule has 0 aliphatic heterocycles. The van der Waals surface area contributed by atoms with Gasteiger partial charge in [-0.25, -0.2) is 0 Å². The molecule has 0 heterocycles. The first-order valence-electron chi connectivity index (χ1n) is 6.02. The van der Waals surface area contributed by atoms with Crippen LogP contribution in [0.5, 0.6) is 0 Å². The van der Waals surface area contributed by atoms with Crippen LogP contribution in [-0.2, 0) is 0 Å². The maximum atomic E-state index is 6.04. The van der Waals surface area contributed by atoms with Crippen molar-refractivity contribution in [3.05, 3.63) is 23.9 Å². The molecule has 1 aliphatic rings. The van der Waals surface area contributed by atoms with Gasteiger partial charge in [0.1, 0.15) is 0 Å². The lowest BCUT2D eigenvalue weighted by molar-refractivity contribution is 0.349. The fourth-order valence-corrected chi connectivity index (χ4v) is 1.88. The van der Waals surface area contributed by atoms with Gasteiger partial charge in [-0.05, 0) is 32.3 Å². The van der Waals surface area contributed by atoms with Crippen LogP contribution in [0.2, 0.25) is 0 Å². The van der Waals surface area contributed by atoms with E-state index in [0.717, 1.165) is 19.5 Å². The molecule has 0 spiro atoms. The Morgan fingerprint density at radius 3 is 2.33 bits per heavy atom. The third kappa shape index (κ3) is 3.71. The molecule has 0 fully saturated rings. The summed E-state index contributed by atoms with van der Waals surface area (Å²) < 4.78 is 0. The first kappa shape index (κ1) is 12.3. The lowest BCUT2D eigenvalue weighted by atomic mass is 9.93. The molecule has 1 rings (SSSR count). The zero-order chi connectivity index (χ0) is 11.3. The zero-order valence-electron chi connectivity index (χ0n) is 10.3. The predicted octanol–water partition coefficient (Wildman–Crippen LogP) is 2.67. The van der Waals surface area contributed by atoms with Crippen molar-refractivity contribution in [3.8, 4) is 0 Å². The highest BCUT2D eigenvalue weighted by atomic mass is 15.1. The first-order valence-corrected chi connectivity index (χ1v) is 6.02. The van der Waals surface area contributed by atoms with Crippen LogP contribution in [0.15, 0.2) is 23.9 Å². The molecule has 1 atom stereocenters. The second-order valence-corrected chi connectivity index (χ2v) is 4.66. The van der Waals surface area contributed by atoms with Crippen LogP contribution in [-0.4, -0.2) is 23.5 Å². The van der Waals surface area contributed by atoms with Crippen molar-refractivity contribution in [1.82, 2.24) is 4.90 Å². The van der Waals surface area contributed by atoms with Crippen LogP contribution < -0.4 is 5.73 Å². The van der Waals surface area contributed by atoms with Crippen LogP contribution in [0, 0.1) is 0 Å². The zero-order valence-corrected chi connectivity index (χ0v) is 10.3. The molecule has 0 bridgehead atoms. The summed E-state index contributed by atoms with van der Waals surface area (Å²) in [7, 11) is 0. The molecule has 0 aromatic carbocycles. The minimum absolute atomic E-state index is 0.145. The Morgan fingerprint density at radius 1 is 1.33 bits per heavy atom. The number of allylic oxidation sites excluding steroid dienone is 1. The molecule has 0 saturated heterocycles. The normalized spacial score (nSPS) is 25.2. The van der Waals surface area contributed by atoms with Gasteiger partial charge in [0, 0.05) is 24.3 Å². The highest BCUT2D eigenvalue weighted by Gasteiger charge is 2.18. The molecular weight excluding hydrogens is 184 g/mol. The van der Waals surface area contributed by atoms with E-state index in [-0.39, 0.29) is 5.54 Å². The molecule has 0 radical (unpaired) electrons. The Balaban J connectivity index is 2.62. The van der Waals surface area contributed by atoms with Crippen LogP contribution in [0.4, 0.5) is 0 Å². The number of hydrogen-bond acceptors (Lipinski definition) is 2. The summed E-state index contributed by atoms with van der Waals surface area (Å²) in [5.74, 6) is 0. The van der Waals surface area contributed by atoms with Crippen molar-refractivity contribution in [3.63, 3.8) is 0 Å². The summed E-state index contributed by atoms with van der Waals surface area (Å²) in [4.78, 5) is 2.45. The van der Waals surface area contributed by atoms with Crippen molar-refractivity contribution in [2.45, 2.75) is 45.6 Å². The fraction of sp³-hybridized carbons (Fsp3) is 0.692. The van der Waals surface area contributed by atoms with E-state index in [4.69, 9.17) is 5.73 Å². The number of rotatable bonds is 5. The monoisotopic (exact) mass is 208 g/mol. The van der Waals surface area contributed by atoms with Crippen molar-refractivity contribution in [1.29, 1.82) is 0 Å². The molecular formula is C13H24N2. The van der Waals surface area contributed by atoms with Gasteiger partial charge in [-0.15, -0.1) is 0 Å². The Morgan fingerprint density at radius 2 is 1.93 bits per heavy atom. The summed E-state index contributed by atoms with van der Waals surface area (Å²) in [5.41, 5.74) is 7.24. The van der Waals surface area contributed by atoms with E-state index in [1.807, 2.05) is 0 Å². The van der Waals surface area contributed by atoms with E-state index in [2.05, 4.69) is 43.9 Å². The lowest BCUT2D eigenvalue weighted by Crippen LogP contribution is -2.36. The standard InChI is InChI=1S/C13H24N2/c1-4-10-15(11-5-2)12-6-8-13(3,14)9-7-12/h6-8H,4-5,9-11,14H2,1-3H3. The smallest absolute Gasteiger partial charge is 0.0350 e. The summed E-state index contributed by atoms with van der Waals surface area (Å²) in [6.45, 7) is 8.81. The maximum absolute atomic E-state index is 6.04. The van der Waals surface area contributed by atoms with E-state index in [1.54, 1.807) is 0 Å². The lowest BCUT2D eigenvalue weighted by Gasteiger charge is -2.30. The second kappa shape index (κ2) is 5.36. The van der Waals surface area contributed by atoms with Gasteiger partial charge in [-0.2, -0.15) is 0 Å². The first-order chi connectivity index (χ1) is 7.09. The van der Waals surface area contributed by atoms with E-state index < -0.39 is 0 Å². The summed E-state index contributed by atoms with van der Waals surface area (Å²) in [6, 6.07) is 0. The third-order valence-corrected chi connectivity index (χ3v) is 2.74. The van der Waals surface area contributed by atoms with Crippen LogP contribution >= 0.6 is 0 Å². The largest absolute Gasteiger partial charge is 0.372 e. The topological polar surface area (TPSA) is 29.3 Å². The van der Waals surface area contributed by atoms with Crippen molar-refractivity contribution in [2.24, 2.45) is 5.73 Å². The molecule has 2 nitrogen and oxygen atoms in total. The van der Waals surface area contributed by atoms with E-state index in [0.29, 0.717) is 0 Å². The molecule has 2 heteroatoms. The highest BCUT2D eigenvalue weighted by Crippen LogP contribution is 2.20. The molecule has 0 aromatic heterocycles. The number of nitrogens with two attached hydrogens (primary N) is 1. The molecule has 15 heavy (non-hydrogen) atoms. The third-order valence-electron chi connectivity index (χ3n) is 2.74. The summed E-state index contributed by atoms with van der Waals surface area (Å²) >= 11 is 0. The summed E-state index contributed by atoms with van der Waals surface area (Å²) in [5, 5.41) is 0. The Bertz CT molecular complexity index is 245. The highest BCUT2D eigenvalue weighted by molar-refractivity contribution is 5.27.